The minimum atomic E-state index is 0.160. The number of methoxy groups -OCH3 is 1. The molecule has 0 unspecified atom stereocenters. The Morgan fingerprint density at radius 3 is 2.63 bits per heavy atom. The second-order valence-electron chi connectivity index (χ2n) is 6.15. The highest BCUT2D eigenvalue weighted by Crippen LogP contribution is 2.26. The van der Waals surface area contributed by atoms with Crippen molar-refractivity contribution in [2.75, 3.05) is 55.8 Å². The van der Waals surface area contributed by atoms with Gasteiger partial charge in [-0.3, -0.25) is 4.79 Å². The van der Waals surface area contributed by atoms with Crippen LogP contribution in [-0.2, 0) is 4.79 Å². The van der Waals surface area contributed by atoms with E-state index < -0.39 is 0 Å². The number of nitrogens with zero attached hydrogens (tertiary/aromatic N) is 4. The van der Waals surface area contributed by atoms with E-state index in [1.54, 1.807) is 7.11 Å². The van der Waals surface area contributed by atoms with Gasteiger partial charge in [0, 0.05) is 38.4 Å². The molecule has 1 fully saturated rings. The number of aromatic nitrogens is 2. The average Bonchev–Trinajstić information content (AvgIpc) is 3.18. The number of thioether (sulfide) groups is 1. The summed E-state index contributed by atoms with van der Waals surface area (Å²) in [6.07, 6.45) is 1.04. The Balaban J connectivity index is 1.43. The van der Waals surface area contributed by atoms with Gasteiger partial charge in [0.05, 0.1) is 12.9 Å². The van der Waals surface area contributed by atoms with E-state index in [2.05, 4.69) is 39.5 Å². The maximum Gasteiger partial charge on any atom is 0.233 e. The molecule has 0 saturated carbocycles. The van der Waals surface area contributed by atoms with E-state index in [4.69, 9.17) is 4.74 Å². The van der Waals surface area contributed by atoms with Gasteiger partial charge in [-0.05, 0) is 30.7 Å². The lowest BCUT2D eigenvalue weighted by Gasteiger charge is -2.36. The zero-order valence-electron chi connectivity index (χ0n) is 15.7. The molecule has 1 amide bonds. The number of ether oxygens (including phenoxy) is 1. The van der Waals surface area contributed by atoms with Crippen LogP contribution in [0.5, 0.6) is 5.75 Å². The highest BCUT2D eigenvalue weighted by molar-refractivity contribution is 8.01. The average molecular weight is 408 g/mol. The maximum atomic E-state index is 12.5. The van der Waals surface area contributed by atoms with Gasteiger partial charge in [-0.1, -0.05) is 30.0 Å². The highest BCUT2D eigenvalue weighted by Gasteiger charge is 2.21. The number of benzene rings is 1. The summed E-state index contributed by atoms with van der Waals surface area (Å²) in [5, 5.41) is 12.3. The minimum Gasteiger partial charge on any atom is -0.497 e. The number of hydrogen-bond acceptors (Lipinski definition) is 8. The molecular formula is C18H25N5O2S2. The molecule has 9 heteroatoms. The van der Waals surface area contributed by atoms with Crippen LogP contribution in [0.3, 0.4) is 0 Å². The van der Waals surface area contributed by atoms with E-state index in [0.717, 1.165) is 54.4 Å². The van der Waals surface area contributed by atoms with Gasteiger partial charge in [-0.25, -0.2) is 0 Å². The molecule has 0 atom stereocenters. The highest BCUT2D eigenvalue weighted by atomic mass is 32.2. The molecular weight excluding hydrogens is 382 g/mol. The first-order chi connectivity index (χ1) is 13.2. The van der Waals surface area contributed by atoms with Gasteiger partial charge in [-0.2, -0.15) is 0 Å². The SMILES string of the molecule is CCCNc1nnc(SCC(=O)N2CCN(c3ccc(OC)cc3)CC2)s1. The molecule has 146 valence electrons. The summed E-state index contributed by atoms with van der Waals surface area (Å²) < 4.78 is 6.03. The van der Waals surface area contributed by atoms with Crippen LogP contribution >= 0.6 is 23.1 Å². The molecule has 2 heterocycles. The van der Waals surface area contributed by atoms with Crippen molar-refractivity contribution in [3.8, 4) is 5.75 Å². The molecule has 7 nitrogen and oxygen atoms in total. The van der Waals surface area contributed by atoms with Crippen molar-refractivity contribution in [3.05, 3.63) is 24.3 Å². The van der Waals surface area contributed by atoms with Crippen LogP contribution in [-0.4, -0.2) is 66.6 Å². The fourth-order valence-corrected chi connectivity index (χ4v) is 4.47. The molecule has 0 spiro atoms. The Kier molecular flexibility index (Phi) is 7.17. The number of piperazine rings is 1. The molecule has 1 aliphatic rings. The summed E-state index contributed by atoms with van der Waals surface area (Å²) in [4.78, 5) is 16.7. The van der Waals surface area contributed by atoms with Crippen LogP contribution in [0.4, 0.5) is 10.8 Å². The van der Waals surface area contributed by atoms with Gasteiger partial charge in [0.1, 0.15) is 5.75 Å². The van der Waals surface area contributed by atoms with E-state index in [0.29, 0.717) is 5.75 Å². The van der Waals surface area contributed by atoms with Gasteiger partial charge < -0.3 is 19.9 Å². The van der Waals surface area contributed by atoms with Crippen LogP contribution < -0.4 is 15.0 Å². The monoisotopic (exact) mass is 407 g/mol. The van der Waals surface area contributed by atoms with Crippen molar-refractivity contribution in [2.45, 2.75) is 17.7 Å². The van der Waals surface area contributed by atoms with Crippen LogP contribution in [0.1, 0.15) is 13.3 Å². The van der Waals surface area contributed by atoms with Crippen LogP contribution in [0.2, 0.25) is 0 Å². The quantitative estimate of drug-likeness (QED) is 0.675. The molecule has 1 aromatic carbocycles. The number of nitrogens with one attached hydrogen (secondary N) is 1. The second kappa shape index (κ2) is 9.80. The van der Waals surface area contributed by atoms with Crippen LogP contribution in [0.15, 0.2) is 28.6 Å². The molecule has 27 heavy (non-hydrogen) atoms. The van der Waals surface area contributed by atoms with E-state index in [9.17, 15) is 4.79 Å². The van der Waals surface area contributed by atoms with E-state index in [1.807, 2.05) is 17.0 Å². The number of rotatable bonds is 8. The van der Waals surface area contributed by atoms with Crippen molar-refractivity contribution < 1.29 is 9.53 Å². The number of amides is 1. The summed E-state index contributed by atoms with van der Waals surface area (Å²) in [5.74, 6) is 1.42. The number of carbonyl (C=O) groups is 1. The predicted octanol–water partition coefficient (Wildman–Crippen LogP) is 2.81. The summed E-state index contributed by atoms with van der Waals surface area (Å²) in [7, 11) is 1.67. The summed E-state index contributed by atoms with van der Waals surface area (Å²) in [6, 6.07) is 8.06. The lowest BCUT2D eigenvalue weighted by atomic mass is 10.2. The molecule has 0 bridgehead atoms. The largest absolute Gasteiger partial charge is 0.497 e. The second-order valence-corrected chi connectivity index (χ2v) is 8.35. The maximum absolute atomic E-state index is 12.5. The third-order valence-corrected chi connectivity index (χ3v) is 6.32. The number of anilines is 2. The first-order valence-corrected chi connectivity index (χ1v) is 10.9. The van der Waals surface area contributed by atoms with Crippen molar-refractivity contribution in [3.63, 3.8) is 0 Å². The molecule has 1 aromatic heterocycles. The molecule has 3 rings (SSSR count). The summed E-state index contributed by atoms with van der Waals surface area (Å²) in [5.41, 5.74) is 1.17. The Hall–Kier alpha value is -2.00. The Morgan fingerprint density at radius 1 is 1.22 bits per heavy atom. The van der Waals surface area contributed by atoms with Gasteiger partial charge >= 0.3 is 0 Å². The summed E-state index contributed by atoms with van der Waals surface area (Å²) in [6.45, 7) is 6.16. The lowest BCUT2D eigenvalue weighted by molar-refractivity contribution is -0.128. The van der Waals surface area contributed by atoms with Gasteiger partial charge in [0.2, 0.25) is 11.0 Å². The van der Waals surface area contributed by atoms with E-state index >= 15 is 0 Å². The fourth-order valence-electron chi connectivity index (χ4n) is 2.79. The van der Waals surface area contributed by atoms with Crippen molar-refractivity contribution in [1.29, 1.82) is 0 Å². The van der Waals surface area contributed by atoms with Crippen molar-refractivity contribution in [1.82, 2.24) is 15.1 Å². The van der Waals surface area contributed by atoms with Gasteiger partial charge in [-0.15, -0.1) is 10.2 Å². The smallest absolute Gasteiger partial charge is 0.233 e. The molecule has 1 aliphatic heterocycles. The number of carbonyl (C=O) groups excluding carboxylic acids is 1. The topological polar surface area (TPSA) is 70.6 Å². The lowest BCUT2D eigenvalue weighted by Crippen LogP contribution is -2.49. The Labute approximate surface area is 168 Å². The minimum absolute atomic E-state index is 0.160. The normalized spacial score (nSPS) is 14.3. The molecule has 1 N–H and O–H groups in total. The van der Waals surface area contributed by atoms with Gasteiger partial charge in [0.25, 0.3) is 0 Å². The summed E-state index contributed by atoms with van der Waals surface area (Å²) >= 11 is 2.97. The first-order valence-electron chi connectivity index (χ1n) is 9.06. The third-order valence-electron chi connectivity index (χ3n) is 4.32. The zero-order chi connectivity index (χ0) is 19.1. The number of hydrogen-bond donors (Lipinski definition) is 1. The fraction of sp³-hybridized carbons (Fsp3) is 0.500. The molecule has 0 aliphatic carbocycles. The van der Waals surface area contributed by atoms with Crippen LogP contribution in [0.25, 0.3) is 0 Å². The Morgan fingerprint density at radius 2 is 1.96 bits per heavy atom. The Bertz CT molecular complexity index is 730. The van der Waals surface area contributed by atoms with E-state index in [1.165, 1.54) is 28.8 Å². The van der Waals surface area contributed by atoms with E-state index in [-0.39, 0.29) is 5.91 Å². The standard InChI is InChI=1S/C18H25N5O2S2/c1-3-8-19-17-20-21-18(27-17)26-13-16(24)23-11-9-22(10-12-23)14-4-6-15(25-2)7-5-14/h4-7H,3,8-13H2,1-2H3,(H,19,20). The third kappa shape index (κ3) is 5.49. The molecule has 0 radical (unpaired) electrons. The molecule has 2 aromatic rings. The zero-order valence-corrected chi connectivity index (χ0v) is 17.3. The van der Waals surface area contributed by atoms with Crippen LogP contribution in [0, 0.1) is 0 Å². The predicted molar refractivity (Wildman–Crippen MR) is 111 cm³/mol. The molecule has 1 saturated heterocycles. The van der Waals surface area contributed by atoms with Crippen molar-refractivity contribution in [2.24, 2.45) is 0 Å². The first kappa shape index (κ1) is 19.8. The van der Waals surface area contributed by atoms with Gasteiger partial charge in [0.15, 0.2) is 4.34 Å². The van der Waals surface area contributed by atoms with Crippen molar-refractivity contribution >= 4 is 39.8 Å².